The van der Waals surface area contributed by atoms with E-state index >= 15 is 0 Å². The number of carbonyl (C=O) groups excluding carboxylic acids is 1. The third kappa shape index (κ3) is 2.90. The van der Waals surface area contributed by atoms with E-state index in [0.29, 0.717) is 6.42 Å². The number of H-pyrrole nitrogens is 1. The van der Waals surface area contributed by atoms with Crippen LogP contribution in [0.3, 0.4) is 0 Å². The first-order valence-corrected chi connectivity index (χ1v) is 11.2. The first-order chi connectivity index (χ1) is 15.5. The van der Waals surface area contributed by atoms with Crippen molar-refractivity contribution in [2.24, 2.45) is 5.41 Å². The highest BCUT2D eigenvalue weighted by molar-refractivity contribution is 6.13. The Kier molecular flexibility index (Phi) is 4.12. The first-order valence-electron chi connectivity index (χ1n) is 11.2. The van der Waals surface area contributed by atoms with Gasteiger partial charge in [0.15, 0.2) is 5.78 Å². The molecule has 1 aliphatic carbocycles. The van der Waals surface area contributed by atoms with Gasteiger partial charge in [-0.25, -0.2) is 0 Å². The van der Waals surface area contributed by atoms with Gasteiger partial charge in [-0.2, -0.15) is 5.10 Å². The number of hydrogen-bond acceptors (Lipinski definition) is 3. The van der Waals surface area contributed by atoms with Crippen LogP contribution >= 0.6 is 0 Å². The van der Waals surface area contributed by atoms with E-state index in [0.717, 1.165) is 34.5 Å². The predicted molar refractivity (Wildman–Crippen MR) is 129 cm³/mol. The Balaban J connectivity index is 1.61. The minimum Gasteiger partial charge on any atom is -0.373 e. The van der Waals surface area contributed by atoms with Crippen LogP contribution in [0, 0.1) is 5.41 Å². The molecule has 0 radical (unpaired) electrons. The Hall–Kier alpha value is -3.66. The Morgan fingerprint density at radius 2 is 1.72 bits per heavy atom. The van der Waals surface area contributed by atoms with Gasteiger partial charge in [0.1, 0.15) is 0 Å². The van der Waals surface area contributed by atoms with Gasteiger partial charge in [-0.15, -0.1) is 0 Å². The SMILES string of the molecule is CC1(C)CC(=O)C2=C(C1)c1c(ccc3ccccc13)N[C@@H]2c1cn[nH]c1-c1ccccc1. The number of benzene rings is 3. The fourth-order valence-corrected chi connectivity index (χ4v) is 5.42. The second-order valence-electron chi connectivity index (χ2n) is 9.69. The number of anilines is 1. The zero-order chi connectivity index (χ0) is 21.9. The zero-order valence-electron chi connectivity index (χ0n) is 18.3. The molecule has 0 amide bonds. The molecule has 2 N–H and O–H groups in total. The second kappa shape index (κ2) is 6.92. The minimum atomic E-state index is -0.226. The van der Waals surface area contributed by atoms with E-state index in [9.17, 15) is 4.79 Å². The summed E-state index contributed by atoms with van der Waals surface area (Å²) in [6, 6.07) is 22.7. The molecule has 0 saturated carbocycles. The quantitative estimate of drug-likeness (QED) is 0.388. The molecule has 32 heavy (non-hydrogen) atoms. The molecule has 0 spiro atoms. The van der Waals surface area contributed by atoms with Gasteiger partial charge in [-0.3, -0.25) is 9.89 Å². The third-order valence-corrected chi connectivity index (χ3v) is 6.78. The molecule has 3 aromatic carbocycles. The topological polar surface area (TPSA) is 57.8 Å². The van der Waals surface area contributed by atoms with Crippen molar-refractivity contribution in [1.29, 1.82) is 0 Å². The molecule has 0 fully saturated rings. The zero-order valence-corrected chi connectivity index (χ0v) is 18.3. The highest BCUT2D eigenvalue weighted by Crippen LogP contribution is 2.52. The number of nitrogens with zero attached hydrogens (tertiary/aromatic N) is 1. The van der Waals surface area contributed by atoms with Crippen molar-refractivity contribution >= 4 is 27.8 Å². The van der Waals surface area contributed by atoms with E-state index < -0.39 is 0 Å². The van der Waals surface area contributed by atoms with Crippen LogP contribution < -0.4 is 5.32 Å². The van der Waals surface area contributed by atoms with E-state index in [4.69, 9.17) is 0 Å². The number of Topliss-reactive ketones (excluding diaryl/α,β-unsaturated/α-hetero) is 1. The summed E-state index contributed by atoms with van der Waals surface area (Å²) in [5.41, 5.74) is 7.31. The summed E-state index contributed by atoms with van der Waals surface area (Å²) in [6.07, 6.45) is 3.30. The maximum absolute atomic E-state index is 13.6. The van der Waals surface area contributed by atoms with Crippen LogP contribution in [0.2, 0.25) is 0 Å². The molecule has 2 heterocycles. The number of aromatic amines is 1. The molecule has 4 nitrogen and oxygen atoms in total. The molecule has 158 valence electrons. The van der Waals surface area contributed by atoms with Gasteiger partial charge in [-0.1, -0.05) is 74.5 Å². The molecular weight excluding hydrogens is 394 g/mol. The van der Waals surface area contributed by atoms with Crippen LogP contribution in [-0.2, 0) is 4.79 Å². The lowest BCUT2D eigenvalue weighted by Gasteiger charge is -2.40. The predicted octanol–water partition coefficient (Wildman–Crippen LogP) is 6.54. The van der Waals surface area contributed by atoms with E-state index in [1.807, 2.05) is 24.4 Å². The number of nitrogens with one attached hydrogen (secondary N) is 2. The van der Waals surface area contributed by atoms with Crippen LogP contribution in [0.1, 0.15) is 43.9 Å². The fraction of sp³-hybridized carbons (Fsp3) is 0.214. The fourth-order valence-electron chi connectivity index (χ4n) is 5.42. The number of ketones is 1. The Morgan fingerprint density at radius 1 is 0.938 bits per heavy atom. The summed E-state index contributed by atoms with van der Waals surface area (Å²) < 4.78 is 0. The van der Waals surface area contributed by atoms with Crippen molar-refractivity contribution in [1.82, 2.24) is 10.2 Å². The van der Waals surface area contributed by atoms with Crippen molar-refractivity contribution in [3.05, 3.63) is 89.6 Å². The average Bonchev–Trinajstić information content (AvgIpc) is 3.27. The molecule has 1 aromatic heterocycles. The first kappa shape index (κ1) is 19.1. The van der Waals surface area contributed by atoms with Crippen molar-refractivity contribution in [3.8, 4) is 11.3 Å². The van der Waals surface area contributed by atoms with Gasteiger partial charge < -0.3 is 5.32 Å². The van der Waals surface area contributed by atoms with Crippen LogP contribution in [0.25, 0.3) is 27.6 Å². The molecule has 4 heteroatoms. The molecule has 0 unspecified atom stereocenters. The van der Waals surface area contributed by atoms with Crippen LogP contribution in [-0.4, -0.2) is 16.0 Å². The lowest BCUT2D eigenvalue weighted by molar-refractivity contribution is -0.118. The summed E-state index contributed by atoms with van der Waals surface area (Å²) in [4.78, 5) is 13.6. The summed E-state index contributed by atoms with van der Waals surface area (Å²) in [5, 5.41) is 13.7. The lowest BCUT2D eigenvalue weighted by Crippen LogP contribution is -2.33. The Bertz CT molecular complexity index is 1390. The number of aromatic nitrogens is 2. The number of hydrogen-bond donors (Lipinski definition) is 2. The number of allylic oxidation sites excluding steroid dienone is 1. The van der Waals surface area contributed by atoms with Crippen LogP contribution in [0.4, 0.5) is 5.69 Å². The standard InChI is InChI=1S/C28H25N3O/c1-28(2)14-20-24-19-11-7-6-8-17(19)12-13-22(24)30-27(25(20)23(32)15-28)21-16-29-31-26(21)18-9-4-3-5-10-18/h3-13,16,27,30H,14-15H2,1-2H3,(H,29,31)/t27-/m1/s1. The smallest absolute Gasteiger partial charge is 0.162 e. The largest absolute Gasteiger partial charge is 0.373 e. The Morgan fingerprint density at radius 3 is 2.56 bits per heavy atom. The van der Waals surface area contributed by atoms with Crippen LogP contribution in [0.15, 0.2) is 78.5 Å². The second-order valence-corrected chi connectivity index (χ2v) is 9.69. The third-order valence-electron chi connectivity index (χ3n) is 6.78. The monoisotopic (exact) mass is 419 g/mol. The van der Waals surface area contributed by atoms with E-state index in [2.05, 4.69) is 77.9 Å². The number of rotatable bonds is 2. The highest BCUT2D eigenvalue weighted by Gasteiger charge is 2.41. The number of fused-ring (bicyclic) bond motifs is 4. The number of carbonyl (C=O) groups is 1. The van der Waals surface area contributed by atoms with E-state index in [1.165, 1.54) is 21.9 Å². The summed E-state index contributed by atoms with van der Waals surface area (Å²) >= 11 is 0. The minimum absolute atomic E-state index is 0.0648. The summed E-state index contributed by atoms with van der Waals surface area (Å²) in [7, 11) is 0. The normalized spacial score (nSPS) is 19.4. The lowest BCUT2D eigenvalue weighted by atomic mass is 9.68. The van der Waals surface area contributed by atoms with E-state index in [-0.39, 0.29) is 17.2 Å². The molecule has 0 bridgehead atoms. The maximum Gasteiger partial charge on any atom is 0.162 e. The van der Waals surface area contributed by atoms with E-state index in [1.54, 1.807) is 0 Å². The van der Waals surface area contributed by atoms with Gasteiger partial charge >= 0.3 is 0 Å². The van der Waals surface area contributed by atoms with Crippen molar-refractivity contribution in [2.75, 3.05) is 5.32 Å². The van der Waals surface area contributed by atoms with Gasteiger partial charge in [0.25, 0.3) is 0 Å². The summed E-state index contributed by atoms with van der Waals surface area (Å²) in [6.45, 7) is 4.40. The van der Waals surface area contributed by atoms with Crippen LogP contribution in [0.5, 0.6) is 0 Å². The van der Waals surface area contributed by atoms with Gasteiger partial charge in [0.2, 0.25) is 0 Å². The molecule has 1 atom stereocenters. The summed E-state index contributed by atoms with van der Waals surface area (Å²) in [5.74, 6) is 0.229. The van der Waals surface area contributed by atoms with Crippen molar-refractivity contribution in [2.45, 2.75) is 32.7 Å². The van der Waals surface area contributed by atoms with Gasteiger partial charge in [-0.05, 0) is 39.8 Å². The van der Waals surface area contributed by atoms with Crippen molar-refractivity contribution in [3.63, 3.8) is 0 Å². The highest BCUT2D eigenvalue weighted by atomic mass is 16.1. The average molecular weight is 420 g/mol. The Labute approximate surface area is 187 Å². The molecule has 0 saturated heterocycles. The maximum atomic E-state index is 13.6. The molecule has 4 aromatic rings. The van der Waals surface area contributed by atoms with Crippen molar-refractivity contribution < 1.29 is 4.79 Å². The molecule has 6 rings (SSSR count). The van der Waals surface area contributed by atoms with Gasteiger partial charge in [0, 0.05) is 28.8 Å². The molecule has 2 aliphatic rings. The molecular formula is C28H25N3O. The van der Waals surface area contributed by atoms with Gasteiger partial charge in [0.05, 0.1) is 17.9 Å². The molecule has 1 aliphatic heterocycles.